The molecule has 0 unspecified atom stereocenters. The molecule has 0 fully saturated rings. The number of rotatable bonds is 6. The molecule has 0 saturated carbocycles. The Kier molecular flexibility index (Phi) is 6.31. The Labute approximate surface area is 160 Å². The van der Waals surface area contributed by atoms with Gasteiger partial charge in [0.2, 0.25) is 15.9 Å². The SMILES string of the molecule is Cc1ccc([C@@H](C)NC(=O)CN(c2cccc(Cl)c2C)S(C)(=O)=O)cc1. The predicted octanol–water partition coefficient (Wildman–Crippen LogP) is 3.60. The van der Waals surface area contributed by atoms with Gasteiger partial charge >= 0.3 is 0 Å². The summed E-state index contributed by atoms with van der Waals surface area (Å²) in [5, 5.41) is 3.29. The molecule has 7 heteroatoms. The van der Waals surface area contributed by atoms with Gasteiger partial charge in [0.25, 0.3) is 0 Å². The van der Waals surface area contributed by atoms with Crippen molar-refractivity contribution in [3.63, 3.8) is 0 Å². The molecule has 140 valence electrons. The summed E-state index contributed by atoms with van der Waals surface area (Å²) in [6.07, 6.45) is 1.07. The number of nitrogens with zero attached hydrogens (tertiary/aromatic N) is 1. The van der Waals surface area contributed by atoms with E-state index in [-0.39, 0.29) is 18.5 Å². The van der Waals surface area contributed by atoms with Gasteiger partial charge in [-0.1, -0.05) is 47.5 Å². The second-order valence-corrected chi connectivity index (χ2v) is 8.67. The zero-order valence-electron chi connectivity index (χ0n) is 15.3. The van der Waals surface area contributed by atoms with Crippen molar-refractivity contribution in [3.05, 3.63) is 64.2 Å². The minimum atomic E-state index is -3.64. The number of amides is 1. The molecule has 0 bridgehead atoms. The van der Waals surface area contributed by atoms with Crippen LogP contribution in [0.4, 0.5) is 5.69 Å². The van der Waals surface area contributed by atoms with Crippen LogP contribution < -0.4 is 9.62 Å². The number of hydrogen-bond acceptors (Lipinski definition) is 3. The summed E-state index contributed by atoms with van der Waals surface area (Å²) in [6.45, 7) is 5.27. The third-order valence-electron chi connectivity index (χ3n) is 4.15. The maximum absolute atomic E-state index is 12.5. The van der Waals surface area contributed by atoms with E-state index in [1.807, 2.05) is 38.1 Å². The van der Waals surface area contributed by atoms with E-state index in [1.165, 1.54) is 0 Å². The molecular weight excluding hydrogens is 372 g/mol. The Hall–Kier alpha value is -2.05. The Bertz CT molecular complexity index is 896. The molecule has 0 radical (unpaired) electrons. The van der Waals surface area contributed by atoms with Crippen LogP contribution in [0.3, 0.4) is 0 Å². The Balaban J connectivity index is 2.19. The molecule has 0 aromatic heterocycles. The van der Waals surface area contributed by atoms with Crippen LogP contribution in [0.1, 0.15) is 29.7 Å². The molecule has 0 heterocycles. The first-order valence-corrected chi connectivity index (χ1v) is 10.4. The van der Waals surface area contributed by atoms with Crippen LogP contribution in [-0.4, -0.2) is 27.1 Å². The first kappa shape index (κ1) is 20.3. The average Bonchev–Trinajstić information content (AvgIpc) is 2.55. The molecule has 1 amide bonds. The number of carbonyl (C=O) groups excluding carboxylic acids is 1. The lowest BCUT2D eigenvalue weighted by atomic mass is 10.1. The van der Waals surface area contributed by atoms with Gasteiger partial charge in [0.05, 0.1) is 18.0 Å². The fourth-order valence-electron chi connectivity index (χ4n) is 2.60. The summed E-state index contributed by atoms with van der Waals surface area (Å²) in [6, 6.07) is 12.6. The number of carbonyl (C=O) groups is 1. The van der Waals surface area contributed by atoms with E-state index in [4.69, 9.17) is 11.6 Å². The van der Waals surface area contributed by atoms with E-state index < -0.39 is 10.0 Å². The lowest BCUT2D eigenvalue weighted by molar-refractivity contribution is -0.120. The van der Waals surface area contributed by atoms with E-state index in [0.29, 0.717) is 16.3 Å². The molecule has 0 aliphatic carbocycles. The van der Waals surface area contributed by atoms with Gasteiger partial charge in [-0.25, -0.2) is 8.42 Å². The fraction of sp³-hybridized carbons (Fsp3) is 0.316. The standard InChI is InChI=1S/C19H23ClN2O3S/c1-13-8-10-16(11-9-13)15(3)21-19(23)12-22(26(4,24)25)18-7-5-6-17(20)14(18)2/h5-11,15H,12H2,1-4H3,(H,21,23)/t15-/m1/s1. The maximum atomic E-state index is 12.5. The number of hydrogen-bond donors (Lipinski definition) is 1. The third kappa shape index (κ3) is 4.99. The minimum absolute atomic E-state index is 0.232. The molecule has 5 nitrogen and oxygen atoms in total. The van der Waals surface area contributed by atoms with E-state index in [2.05, 4.69) is 5.32 Å². The smallest absolute Gasteiger partial charge is 0.241 e. The van der Waals surface area contributed by atoms with Crippen LogP contribution >= 0.6 is 11.6 Å². The highest BCUT2D eigenvalue weighted by Crippen LogP contribution is 2.28. The molecule has 0 spiro atoms. The number of anilines is 1. The molecule has 1 atom stereocenters. The van der Waals surface area contributed by atoms with Gasteiger partial charge in [-0.05, 0) is 44.0 Å². The van der Waals surface area contributed by atoms with Crippen molar-refractivity contribution in [1.29, 1.82) is 0 Å². The summed E-state index contributed by atoms with van der Waals surface area (Å²) in [5.41, 5.74) is 3.10. The number of halogens is 1. The molecule has 1 N–H and O–H groups in total. The molecule has 2 aromatic rings. The largest absolute Gasteiger partial charge is 0.348 e. The summed E-state index contributed by atoms with van der Waals surface area (Å²) >= 11 is 6.10. The summed E-state index contributed by atoms with van der Waals surface area (Å²) < 4.78 is 25.5. The molecule has 2 rings (SSSR count). The zero-order valence-corrected chi connectivity index (χ0v) is 16.9. The van der Waals surface area contributed by atoms with E-state index in [9.17, 15) is 13.2 Å². The topological polar surface area (TPSA) is 66.5 Å². The second kappa shape index (κ2) is 8.10. The Morgan fingerprint density at radius 1 is 1.15 bits per heavy atom. The number of sulfonamides is 1. The first-order valence-electron chi connectivity index (χ1n) is 8.18. The highest BCUT2D eigenvalue weighted by atomic mass is 35.5. The molecule has 0 saturated heterocycles. The van der Waals surface area contributed by atoms with E-state index in [0.717, 1.165) is 21.7 Å². The molecule has 26 heavy (non-hydrogen) atoms. The van der Waals surface area contributed by atoms with Gasteiger partial charge in [-0.3, -0.25) is 9.10 Å². The number of aryl methyl sites for hydroxylation is 1. The van der Waals surface area contributed by atoms with Gasteiger partial charge in [0.15, 0.2) is 0 Å². The molecule has 0 aliphatic rings. The summed E-state index contributed by atoms with van der Waals surface area (Å²) in [4.78, 5) is 12.5. The molecule has 0 aliphatic heterocycles. The fourth-order valence-corrected chi connectivity index (χ4v) is 3.68. The van der Waals surface area contributed by atoms with Crippen molar-refractivity contribution < 1.29 is 13.2 Å². The van der Waals surface area contributed by atoms with Crippen molar-refractivity contribution in [3.8, 4) is 0 Å². The first-order chi connectivity index (χ1) is 12.1. The van der Waals surface area contributed by atoms with Gasteiger partial charge in [0, 0.05) is 5.02 Å². The lowest BCUT2D eigenvalue weighted by Gasteiger charge is -2.25. The van der Waals surface area contributed by atoms with Crippen LogP contribution in [0.15, 0.2) is 42.5 Å². The normalized spacial score (nSPS) is 12.5. The second-order valence-electron chi connectivity index (χ2n) is 6.35. The van der Waals surface area contributed by atoms with Crippen molar-refractivity contribution in [2.24, 2.45) is 0 Å². The lowest BCUT2D eigenvalue weighted by Crippen LogP contribution is -2.41. The van der Waals surface area contributed by atoms with Gasteiger partial charge in [-0.15, -0.1) is 0 Å². The zero-order chi connectivity index (χ0) is 19.5. The van der Waals surface area contributed by atoms with E-state index in [1.54, 1.807) is 25.1 Å². The van der Waals surface area contributed by atoms with Crippen LogP contribution in [0.5, 0.6) is 0 Å². The maximum Gasteiger partial charge on any atom is 0.241 e. The van der Waals surface area contributed by atoms with Crippen molar-refractivity contribution in [2.75, 3.05) is 17.1 Å². The molecular formula is C19H23ClN2O3S. The van der Waals surface area contributed by atoms with Gasteiger partial charge < -0.3 is 5.32 Å². The Morgan fingerprint density at radius 3 is 2.35 bits per heavy atom. The van der Waals surface area contributed by atoms with Crippen LogP contribution in [0.2, 0.25) is 5.02 Å². The molecule has 2 aromatic carbocycles. The average molecular weight is 395 g/mol. The number of nitrogens with one attached hydrogen (secondary N) is 1. The van der Waals surface area contributed by atoms with Gasteiger partial charge in [0.1, 0.15) is 6.54 Å². The predicted molar refractivity (Wildman–Crippen MR) is 106 cm³/mol. The summed E-state index contributed by atoms with van der Waals surface area (Å²) in [7, 11) is -3.64. The van der Waals surface area contributed by atoms with Gasteiger partial charge in [-0.2, -0.15) is 0 Å². The highest BCUT2D eigenvalue weighted by molar-refractivity contribution is 7.92. The van der Waals surface area contributed by atoms with Crippen LogP contribution in [0, 0.1) is 13.8 Å². The minimum Gasteiger partial charge on any atom is -0.348 e. The monoisotopic (exact) mass is 394 g/mol. The highest BCUT2D eigenvalue weighted by Gasteiger charge is 2.23. The quantitative estimate of drug-likeness (QED) is 0.813. The Morgan fingerprint density at radius 2 is 1.77 bits per heavy atom. The third-order valence-corrected chi connectivity index (χ3v) is 5.69. The van der Waals surface area contributed by atoms with Crippen molar-refractivity contribution >= 4 is 33.2 Å². The number of benzene rings is 2. The van der Waals surface area contributed by atoms with Crippen molar-refractivity contribution in [2.45, 2.75) is 26.8 Å². The van der Waals surface area contributed by atoms with Crippen molar-refractivity contribution in [1.82, 2.24) is 5.32 Å². The van der Waals surface area contributed by atoms with Crippen LogP contribution in [0.25, 0.3) is 0 Å². The van der Waals surface area contributed by atoms with Crippen LogP contribution in [-0.2, 0) is 14.8 Å². The summed E-state index contributed by atoms with van der Waals surface area (Å²) in [5.74, 6) is -0.386. The van der Waals surface area contributed by atoms with E-state index >= 15 is 0 Å².